The van der Waals surface area contributed by atoms with Crippen molar-refractivity contribution in [2.75, 3.05) is 0 Å². The molecular formula is C42H35AsSn2. The first-order chi connectivity index (χ1) is 22.3. The summed E-state index contributed by atoms with van der Waals surface area (Å²) in [5.41, 5.74) is 0. The quantitative estimate of drug-likeness (QED) is 0.210. The van der Waals surface area contributed by atoms with Gasteiger partial charge in [-0.05, 0) is 0 Å². The number of benzene rings is 7. The Hall–Kier alpha value is -3.30. The summed E-state index contributed by atoms with van der Waals surface area (Å²) in [5.74, 6) is 0. The van der Waals surface area contributed by atoms with Crippen molar-refractivity contribution in [2.45, 2.75) is 0 Å². The fraction of sp³-hybridized carbons (Fsp3) is 0. The molecule has 0 saturated carbocycles. The Kier molecular flexibility index (Phi) is 13.7. The fourth-order valence-electron chi connectivity index (χ4n) is 5.06. The van der Waals surface area contributed by atoms with Crippen LogP contribution in [0.5, 0.6) is 0 Å². The zero-order valence-corrected chi connectivity index (χ0v) is 32.7. The molecule has 0 amide bonds. The second-order valence-corrected chi connectivity index (χ2v) is 25.5. The first kappa shape index (κ1) is 33.1. The van der Waals surface area contributed by atoms with Crippen molar-refractivity contribution in [3.05, 3.63) is 212 Å². The monoisotopic (exact) mass is 854 g/mol. The topological polar surface area (TPSA) is 0 Å². The molecule has 7 aromatic rings. The van der Waals surface area contributed by atoms with E-state index in [4.69, 9.17) is 0 Å². The molecule has 0 aliphatic heterocycles. The second-order valence-electron chi connectivity index (χ2n) is 10.3. The minimum atomic E-state index is -1.98. The van der Waals surface area contributed by atoms with Crippen LogP contribution in [0.25, 0.3) is 0 Å². The molecule has 0 aliphatic rings. The Morgan fingerprint density at radius 2 is 0.378 bits per heavy atom. The van der Waals surface area contributed by atoms with E-state index in [1.165, 1.54) is 25.8 Å². The van der Waals surface area contributed by atoms with Gasteiger partial charge in [-0.1, -0.05) is 0 Å². The number of hydrogen-bond donors (Lipinski definition) is 0. The maximum absolute atomic E-state index is 2.49. The van der Waals surface area contributed by atoms with Crippen LogP contribution in [-0.4, -0.2) is 56.4 Å². The molecule has 7 aromatic carbocycles. The predicted molar refractivity (Wildman–Crippen MR) is 200 cm³/mol. The molecule has 45 heavy (non-hydrogen) atoms. The van der Waals surface area contributed by atoms with Gasteiger partial charge in [-0.2, -0.15) is 0 Å². The van der Waals surface area contributed by atoms with Gasteiger partial charge in [-0.3, -0.25) is 0 Å². The molecule has 0 bridgehead atoms. The van der Waals surface area contributed by atoms with Gasteiger partial charge >= 0.3 is 295 Å². The van der Waals surface area contributed by atoms with E-state index < -0.39 is 39.5 Å². The average molecular weight is 852 g/mol. The Morgan fingerprint density at radius 1 is 0.222 bits per heavy atom. The molecule has 4 radical (unpaired) electrons. The van der Waals surface area contributed by atoms with Crippen LogP contribution in [0.3, 0.4) is 0 Å². The van der Waals surface area contributed by atoms with Gasteiger partial charge in [-0.25, -0.2) is 0 Å². The van der Waals surface area contributed by atoms with Crippen molar-refractivity contribution in [1.82, 2.24) is 0 Å². The molecule has 0 spiro atoms. The van der Waals surface area contributed by atoms with Crippen molar-refractivity contribution >= 4 is 82.2 Å². The van der Waals surface area contributed by atoms with E-state index >= 15 is 0 Å². The predicted octanol–water partition coefficient (Wildman–Crippen LogP) is 4.89. The Balaban J connectivity index is 0.000000147. The van der Waals surface area contributed by atoms with E-state index in [1.807, 2.05) is 18.2 Å². The van der Waals surface area contributed by atoms with E-state index in [0.717, 1.165) is 0 Å². The third-order valence-electron chi connectivity index (χ3n) is 7.13. The van der Waals surface area contributed by atoms with E-state index in [0.29, 0.717) is 0 Å². The summed E-state index contributed by atoms with van der Waals surface area (Å²) in [6.45, 7) is 0. The van der Waals surface area contributed by atoms with Crippen molar-refractivity contribution in [2.24, 2.45) is 0 Å². The van der Waals surface area contributed by atoms with Crippen molar-refractivity contribution in [3.63, 3.8) is 0 Å². The van der Waals surface area contributed by atoms with Crippen molar-refractivity contribution < 1.29 is 0 Å². The molecule has 7 rings (SSSR count). The first-order valence-electron chi connectivity index (χ1n) is 15.1. The zero-order chi connectivity index (χ0) is 30.9. The normalized spacial score (nSPS) is 10.3. The van der Waals surface area contributed by atoms with E-state index in [2.05, 4.69) is 211 Å². The van der Waals surface area contributed by atoms with Crippen LogP contribution in [-0.2, 0) is 0 Å². The standard InChI is InChI=1S/C6H5As.6C6H5.2Sn/c7-6-4-2-1-3-5-6;6*1-2-4-6-5-3-1;;/h1-5H;6*1-5H;;. The van der Waals surface area contributed by atoms with Crippen LogP contribution >= 0.6 is 0 Å². The van der Waals surface area contributed by atoms with Crippen LogP contribution < -0.4 is 25.8 Å². The van der Waals surface area contributed by atoms with Gasteiger partial charge in [0.15, 0.2) is 0 Å². The van der Waals surface area contributed by atoms with Gasteiger partial charge in [0, 0.05) is 0 Å². The molecule has 0 nitrogen and oxygen atoms in total. The molecule has 0 unspecified atom stereocenters. The van der Waals surface area contributed by atoms with Gasteiger partial charge < -0.3 is 0 Å². The van der Waals surface area contributed by atoms with Crippen LogP contribution in [0.4, 0.5) is 0 Å². The van der Waals surface area contributed by atoms with Gasteiger partial charge in [0.1, 0.15) is 0 Å². The molecule has 0 N–H and O–H groups in total. The first-order valence-corrected chi connectivity index (χ1v) is 24.6. The van der Waals surface area contributed by atoms with Crippen LogP contribution in [0, 0.1) is 0 Å². The summed E-state index contributed by atoms with van der Waals surface area (Å²) in [7, 11) is 0. The van der Waals surface area contributed by atoms with Gasteiger partial charge in [0.25, 0.3) is 0 Å². The van der Waals surface area contributed by atoms with Crippen molar-refractivity contribution in [1.29, 1.82) is 0 Å². The Morgan fingerprint density at radius 3 is 0.511 bits per heavy atom. The average Bonchev–Trinajstić information content (AvgIpc) is 3.12. The molecule has 0 aliphatic carbocycles. The summed E-state index contributed by atoms with van der Waals surface area (Å²) >= 11 is -1.47. The molecule has 3 heteroatoms. The summed E-state index contributed by atoms with van der Waals surface area (Å²) in [5, 5.41) is 0. The number of rotatable bonds is 6. The summed E-state index contributed by atoms with van der Waals surface area (Å²) < 4.78 is 10.4. The summed E-state index contributed by atoms with van der Waals surface area (Å²) in [6.07, 6.45) is 0. The molecule has 0 aromatic heterocycles. The number of hydrogen-bond acceptors (Lipinski definition) is 0. The van der Waals surface area contributed by atoms with Crippen LogP contribution in [0.15, 0.2) is 212 Å². The summed E-state index contributed by atoms with van der Waals surface area (Å²) in [4.78, 5) is 0. The third kappa shape index (κ3) is 10.4. The van der Waals surface area contributed by atoms with E-state index in [-0.39, 0.29) is 0 Å². The third-order valence-corrected chi connectivity index (χ3v) is 23.4. The molecule has 216 valence electrons. The molecule has 0 fully saturated rings. The van der Waals surface area contributed by atoms with Gasteiger partial charge in [-0.15, -0.1) is 0 Å². The maximum atomic E-state index is 2.49. The van der Waals surface area contributed by atoms with Crippen LogP contribution in [0.2, 0.25) is 0 Å². The molecular weight excluding hydrogens is 817 g/mol. The SMILES string of the molecule is [As]c1ccccc1.c1cc[c]([Sn]([c]2ccccc2)[c]2ccccc2)cc1.c1cc[c]([Sn]([c]2ccccc2)[c]2ccccc2)cc1. The summed E-state index contributed by atoms with van der Waals surface area (Å²) in [6, 6.07) is 76.0. The minimum absolute atomic E-state index is 1.26. The Labute approximate surface area is 291 Å². The molecule has 0 atom stereocenters. The fourth-order valence-corrected chi connectivity index (χ4v) is 20.1. The Bertz CT molecular complexity index is 1460. The van der Waals surface area contributed by atoms with Crippen molar-refractivity contribution in [3.8, 4) is 0 Å². The zero-order valence-electron chi connectivity index (χ0n) is 25.2. The van der Waals surface area contributed by atoms with E-state index in [9.17, 15) is 0 Å². The van der Waals surface area contributed by atoms with Crippen LogP contribution in [0.1, 0.15) is 0 Å². The van der Waals surface area contributed by atoms with E-state index in [1.54, 1.807) is 0 Å². The van der Waals surface area contributed by atoms with Gasteiger partial charge in [0.2, 0.25) is 0 Å². The van der Waals surface area contributed by atoms with Gasteiger partial charge in [0.05, 0.1) is 0 Å². The molecule has 0 saturated heterocycles. The molecule has 0 heterocycles. The second kappa shape index (κ2) is 18.6.